The molecule has 0 spiro atoms. The Kier molecular flexibility index (Phi) is 6.10. The smallest absolute Gasteiger partial charge is 0.00313 e. The van der Waals surface area contributed by atoms with E-state index in [4.69, 9.17) is 0 Å². The van der Waals surface area contributed by atoms with Crippen LogP contribution in [0.5, 0.6) is 0 Å². The lowest BCUT2D eigenvalue weighted by Gasteiger charge is -2.10. The Bertz CT molecular complexity index is 760. The molecule has 0 aliphatic carbocycles. The van der Waals surface area contributed by atoms with Gasteiger partial charge in [-0.1, -0.05) is 96.2 Å². The van der Waals surface area contributed by atoms with Gasteiger partial charge in [0.15, 0.2) is 0 Å². The van der Waals surface area contributed by atoms with Crippen LogP contribution in [0.25, 0.3) is 21.5 Å². The minimum atomic E-state index is 1.15. The molecule has 23 heavy (non-hydrogen) atoms. The molecule has 0 aromatic heterocycles. The first-order valence-electron chi connectivity index (χ1n) is 8.85. The highest BCUT2D eigenvalue weighted by Gasteiger charge is 2.05. The fourth-order valence-corrected chi connectivity index (χ4v) is 3.85. The molecule has 0 aliphatic rings. The summed E-state index contributed by atoms with van der Waals surface area (Å²) in [5.41, 5.74) is 1.51. The number of benzene rings is 3. The van der Waals surface area contributed by atoms with Gasteiger partial charge in [-0.3, -0.25) is 0 Å². The van der Waals surface area contributed by atoms with Crippen LogP contribution in [0, 0.1) is 0 Å². The van der Waals surface area contributed by atoms with Crippen LogP contribution in [-0.4, -0.2) is 5.33 Å². The minimum Gasteiger partial charge on any atom is -0.0928 e. The molecule has 0 saturated heterocycles. The third-order valence-corrected chi connectivity index (χ3v) is 5.24. The van der Waals surface area contributed by atoms with Crippen molar-refractivity contribution in [1.82, 2.24) is 0 Å². The summed E-state index contributed by atoms with van der Waals surface area (Å²) in [5, 5.41) is 6.74. The van der Waals surface area contributed by atoms with Gasteiger partial charge in [0, 0.05) is 5.33 Å². The Morgan fingerprint density at radius 1 is 0.609 bits per heavy atom. The summed E-state index contributed by atoms with van der Waals surface area (Å²) in [6.07, 6.45) is 9.28. The highest BCUT2D eigenvalue weighted by Crippen LogP contribution is 2.29. The van der Waals surface area contributed by atoms with Crippen LogP contribution in [0.15, 0.2) is 54.6 Å². The summed E-state index contributed by atoms with van der Waals surface area (Å²) in [4.78, 5) is 0. The van der Waals surface area contributed by atoms with Gasteiger partial charge >= 0.3 is 0 Å². The van der Waals surface area contributed by atoms with Gasteiger partial charge in [0.1, 0.15) is 0 Å². The van der Waals surface area contributed by atoms with E-state index >= 15 is 0 Å². The number of fused-ring (bicyclic) bond motifs is 3. The van der Waals surface area contributed by atoms with Crippen LogP contribution in [0.4, 0.5) is 0 Å². The van der Waals surface area contributed by atoms with Gasteiger partial charge in [-0.15, -0.1) is 0 Å². The van der Waals surface area contributed by atoms with Crippen LogP contribution in [0.3, 0.4) is 0 Å². The topological polar surface area (TPSA) is 0 Å². The first-order chi connectivity index (χ1) is 11.4. The lowest BCUT2D eigenvalue weighted by molar-refractivity contribution is 0.611. The van der Waals surface area contributed by atoms with Crippen LogP contribution in [0.2, 0.25) is 0 Å². The zero-order valence-electron chi connectivity index (χ0n) is 13.7. The Morgan fingerprint density at radius 3 is 2.00 bits per heavy atom. The fraction of sp³-hybridized carbons (Fsp3) is 0.364. The van der Waals surface area contributed by atoms with Crippen molar-refractivity contribution in [2.45, 2.75) is 44.9 Å². The summed E-state index contributed by atoms with van der Waals surface area (Å²) in [6.45, 7) is 0. The molecule has 0 nitrogen and oxygen atoms in total. The standard InChI is InChI=1S/C22H25Br/c23-16-10-4-2-1-3-5-11-18-17-19-12-6-7-13-20(19)22-15-9-8-14-21(18)22/h6-9,12-15,17H,1-5,10-11,16H2. The van der Waals surface area contributed by atoms with E-state index in [1.165, 1.54) is 72.1 Å². The third kappa shape index (κ3) is 4.14. The molecule has 0 aliphatic heterocycles. The van der Waals surface area contributed by atoms with E-state index < -0.39 is 0 Å². The fourth-order valence-electron chi connectivity index (χ4n) is 3.46. The summed E-state index contributed by atoms with van der Waals surface area (Å²) in [6, 6.07) is 20.0. The average Bonchev–Trinajstić information content (AvgIpc) is 2.61. The second kappa shape index (κ2) is 8.49. The van der Waals surface area contributed by atoms with Crippen LogP contribution < -0.4 is 0 Å². The van der Waals surface area contributed by atoms with E-state index in [9.17, 15) is 0 Å². The van der Waals surface area contributed by atoms with Gasteiger partial charge in [-0.05, 0) is 46.4 Å². The number of aryl methyl sites for hydroxylation is 1. The largest absolute Gasteiger partial charge is 0.0928 e. The number of hydrogen-bond acceptors (Lipinski definition) is 0. The van der Waals surface area contributed by atoms with Crippen molar-refractivity contribution in [2.75, 3.05) is 5.33 Å². The van der Waals surface area contributed by atoms with Crippen LogP contribution in [-0.2, 0) is 6.42 Å². The maximum Gasteiger partial charge on any atom is 0.00313 e. The maximum absolute atomic E-state index is 3.51. The second-order valence-corrected chi connectivity index (χ2v) is 7.16. The van der Waals surface area contributed by atoms with Crippen LogP contribution >= 0.6 is 15.9 Å². The second-order valence-electron chi connectivity index (χ2n) is 6.36. The lowest BCUT2D eigenvalue weighted by atomic mass is 9.94. The molecule has 0 N–H and O–H groups in total. The number of halogens is 1. The van der Waals surface area contributed by atoms with E-state index in [0.717, 1.165) is 5.33 Å². The first kappa shape index (κ1) is 16.5. The molecule has 0 heterocycles. The van der Waals surface area contributed by atoms with Gasteiger partial charge in [0.25, 0.3) is 0 Å². The highest BCUT2D eigenvalue weighted by molar-refractivity contribution is 9.09. The highest BCUT2D eigenvalue weighted by atomic mass is 79.9. The van der Waals surface area contributed by atoms with Gasteiger partial charge in [-0.25, -0.2) is 0 Å². The number of alkyl halides is 1. The minimum absolute atomic E-state index is 1.15. The zero-order valence-corrected chi connectivity index (χ0v) is 15.3. The summed E-state index contributed by atoms with van der Waals surface area (Å²) >= 11 is 3.51. The molecule has 0 radical (unpaired) electrons. The molecule has 0 fully saturated rings. The van der Waals surface area contributed by atoms with Crippen molar-refractivity contribution >= 4 is 37.5 Å². The van der Waals surface area contributed by atoms with Crippen molar-refractivity contribution in [3.8, 4) is 0 Å². The molecular weight excluding hydrogens is 344 g/mol. The maximum atomic E-state index is 3.51. The summed E-state index contributed by atoms with van der Waals surface area (Å²) in [7, 11) is 0. The summed E-state index contributed by atoms with van der Waals surface area (Å²) in [5.74, 6) is 0. The predicted molar refractivity (Wildman–Crippen MR) is 107 cm³/mol. The Balaban J connectivity index is 1.72. The zero-order chi connectivity index (χ0) is 15.9. The van der Waals surface area contributed by atoms with Crippen molar-refractivity contribution in [3.63, 3.8) is 0 Å². The van der Waals surface area contributed by atoms with Crippen molar-refractivity contribution < 1.29 is 0 Å². The SMILES string of the molecule is BrCCCCCCCCc1cc2ccccc2c2ccccc12. The van der Waals surface area contributed by atoms with E-state index in [0.29, 0.717) is 0 Å². The monoisotopic (exact) mass is 368 g/mol. The molecule has 0 saturated carbocycles. The van der Waals surface area contributed by atoms with Gasteiger partial charge < -0.3 is 0 Å². The van der Waals surface area contributed by atoms with Crippen molar-refractivity contribution in [2.24, 2.45) is 0 Å². The predicted octanol–water partition coefficient (Wildman–Crippen LogP) is 7.27. The molecule has 0 amide bonds. The number of rotatable bonds is 8. The molecule has 3 aromatic carbocycles. The molecule has 1 heteroatoms. The Labute approximate surface area is 148 Å². The quantitative estimate of drug-likeness (QED) is 0.222. The van der Waals surface area contributed by atoms with Crippen molar-refractivity contribution in [1.29, 1.82) is 0 Å². The van der Waals surface area contributed by atoms with Crippen molar-refractivity contribution in [3.05, 3.63) is 60.2 Å². The molecule has 3 aromatic rings. The molecule has 0 unspecified atom stereocenters. The van der Waals surface area contributed by atoms with E-state index in [-0.39, 0.29) is 0 Å². The summed E-state index contributed by atoms with van der Waals surface area (Å²) < 4.78 is 0. The molecule has 0 atom stereocenters. The Morgan fingerprint density at radius 2 is 1.22 bits per heavy atom. The molecule has 120 valence electrons. The number of unbranched alkanes of at least 4 members (excludes halogenated alkanes) is 5. The van der Waals surface area contributed by atoms with Gasteiger partial charge in [-0.2, -0.15) is 0 Å². The lowest BCUT2D eigenvalue weighted by Crippen LogP contribution is -1.90. The third-order valence-electron chi connectivity index (χ3n) is 4.68. The van der Waals surface area contributed by atoms with Gasteiger partial charge in [0.05, 0.1) is 0 Å². The van der Waals surface area contributed by atoms with Crippen LogP contribution in [0.1, 0.15) is 44.1 Å². The van der Waals surface area contributed by atoms with E-state index in [2.05, 4.69) is 70.5 Å². The first-order valence-corrected chi connectivity index (χ1v) is 9.97. The van der Waals surface area contributed by atoms with E-state index in [1.54, 1.807) is 0 Å². The normalized spacial score (nSPS) is 11.3. The average molecular weight is 369 g/mol. The molecular formula is C22H25Br. The Hall–Kier alpha value is -1.34. The number of hydrogen-bond donors (Lipinski definition) is 0. The van der Waals surface area contributed by atoms with E-state index in [1.807, 2.05) is 0 Å². The van der Waals surface area contributed by atoms with Gasteiger partial charge in [0.2, 0.25) is 0 Å². The molecule has 3 rings (SSSR count). The molecule has 0 bridgehead atoms.